The molecular formula is C10H9ClF3NO. The molecule has 0 aliphatic heterocycles. The summed E-state index contributed by atoms with van der Waals surface area (Å²) in [6.07, 6.45) is 0. The average molecular weight is 252 g/mol. The summed E-state index contributed by atoms with van der Waals surface area (Å²) in [5.74, 6) is -4.93. The molecule has 88 valence electrons. The Labute approximate surface area is 95.4 Å². The van der Waals surface area contributed by atoms with Crippen molar-refractivity contribution in [3.63, 3.8) is 0 Å². The lowest BCUT2D eigenvalue weighted by Crippen LogP contribution is -2.33. The second-order valence-corrected chi connectivity index (χ2v) is 3.59. The van der Waals surface area contributed by atoms with Gasteiger partial charge in [-0.05, 0) is 19.1 Å². The predicted molar refractivity (Wildman–Crippen MR) is 54.0 cm³/mol. The molecule has 0 radical (unpaired) electrons. The summed E-state index contributed by atoms with van der Waals surface area (Å²) in [6.45, 7) is 1.63. The van der Waals surface area contributed by atoms with Crippen molar-refractivity contribution < 1.29 is 18.0 Å². The number of rotatable bonds is 3. The molecule has 1 unspecified atom stereocenters. The molecule has 0 aliphatic carbocycles. The Morgan fingerprint density at radius 3 is 2.31 bits per heavy atom. The van der Waals surface area contributed by atoms with E-state index in [-0.39, 0.29) is 17.5 Å². The number of amides is 1. The van der Waals surface area contributed by atoms with Gasteiger partial charge in [0.15, 0.2) is 17.5 Å². The van der Waals surface area contributed by atoms with E-state index in [0.717, 1.165) is 0 Å². The van der Waals surface area contributed by atoms with Crippen LogP contribution in [-0.4, -0.2) is 17.8 Å². The van der Waals surface area contributed by atoms with Gasteiger partial charge in [0.2, 0.25) is 0 Å². The third-order valence-corrected chi connectivity index (χ3v) is 2.32. The van der Waals surface area contributed by atoms with Gasteiger partial charge in [0.1, 0.15) is 0 Å². The van der Waals surface area contributed by atoms with Crippen LogP contribution in [0.5, 0.6) is 0 Å². The smallest absolute Gasteiger partial charge is 0.251 e. The molecule has 1 aromatic rings. The maximum atomic E-state index is 12.8. The molecule has 0 fully saturated rings. The minimum Gasteiger partial charge on any atom is -0.348 e. The van der Waals surface area contributed by atoms with Crippen LogP contribution in [0.4, 0.5) is 13.2 Å². The summed E-state index contributed by atoms with van der Waals surface area (Å²) in [4.78, 5) is 11.4. The highest BCUT2D eigenvalue weighted by Crippen LogP contribution is 2.13. The van der Waals surface area contributed by atoms with E-state index in [0.29, 0.717) is 12.1 Å². The van der Waals surface area contributed by atoms with Gasteiger partial charge in [-0.3, -0.25) is 4.79 Å². The van der Waals surface area contributed by atoms with Crippen molar-refractivity contribution >= 4 is 17.5 Å². The number of carbonyl (C=O) groups is 1. The molecule has 16 heavy (non-hydrogen) atoms. The maximum absolute atomic E-state index is 12.8. The molecule has 1 aromatic carbocycles. The van der Waals surface area contributed by atoms with E-state index in [1.807, 2.05) is 0 Å². The SMILES string of the molecule is CC(CCl)NC(=O)c1cc(F)c(F)c(F)c1. The van der Waals surface area contributed by atoms with Crippen LogP contribution in [0.15, 0.2) is 12.1 Å². The van der Waals surface area contributed by atoms with Gasteiger partial charge in [-0.1, -0.05) is 0 Å². The number of alkyl halides is 1. The summed E-state index contributed by atoms with van der Waals surface area (Å²) < 4.78 is 38.2. The van der Waals surface area contributed by atoms with Crippen molar-refractivity contribution in [2.24, 2.45) is 0 Å². The van der Waals surface area contributed by atoms with Crippen LogP contribution in [0.25, 0.3) is 0 Å². The molecule has 0 saturated heterocycles. The fraction of sp³-hybridized carbons (Fsp3) is 0.300. The Morgan fingerprint density at radius 2 is 1.88 bits per heavy atom. The quantitative estimate of drug-likeness (QED) is 0.649. The Morgan fingerprint density at radius 1 is 1.38 bits per heavy atom. The van der Waals surface area contributed by atoms with Crippen molar-refractivity contribution in [3.05, 3.63) is 35.1 Å². The lowest BCUT2D eigenvalue weighted by Gasteiger charge is -2.10. The van der Waals surface area contributed by atoms with Gasteiger partial charge in [0, 0.05) is 17.5 Å². The number of hydrogen-bond acceptors (Lipinski definition) is 1. The van der Waals surface area contributed by atoms with E-state index in [1.54, 1.807) is 6.92 Å². The molecule has 1 N–H and O–H groups in total. The van der Waals surface area contributed by atoms with Gasteiger partial charge in [0.05, 0.1) is 0 Å². The third kappa shape index (κ3) is 2.88. The highest BCUT2D eigenvalue weighted by molar-refractivity contribution is 6.18. The number of hydrogen-bond donors (Lipinski definition) is 1. The molecule has 0 aromatic heterocycles. The molecule has 1 amide bonds. The van der Waals surface area contributed by atoms with E-state index in [1.165, 1.54) is 0 Å². The normalized spacial score (nSPS) is 12.3. The van der Waals surface area contributed by atoms with Crippen LogP contribution in [0.1, 0.15) is 17.3 Å². The first-order valence-electron chi connectivity index (χ1n) is 4.47. The number of benzene rings is 1. The van der Waals surface area contributed by atoms with Crippen LogP contribution in [0.3, 0.4) is 0 Å². The van der Waals surface area contributed by atoms with Crippen LogP contribution < -0.4 is 5.32 Å². The van der Waals surface area contributed by atoms with Gasteiger partial charge in [-0.25, -0.2) is 13.2 Å². The summed E-state index contributed by atoms with van der Waals surface area (Å²) in [7, 11) is 0. The van der Waals surface area contributed by atoms with Crippen LogP contribution in [0.2, 0.25) is 0 Å². The van der Waals surface area contributed by atoms with Gasteiger partial charge in [-0.15, -0.1) is 11.6 Å². The Bertz CT molecular complexity index is 388. The van der Waals surface area contributed by atoms with Crippen LogP contribution >= 0.6 is 11.6 Å². The van der Waals surface area contributed by atoms with E-state index < -0.39 is 23.4 Å². The van der Waals surface area contributed by atoms with E-state index in [2.05, 4.69) is 5.32 Å². The molecular weight excluding hydrogens is 243 g/mol. The first kappa shape index (κ1) is 12.8. The number of halogens is 4. The summed E-state index contributed by atoms with van der Waals surface area (Å²) in [6, 6.07) is 0.925. The second-order valence-electron chi connectivity index (χ2n) is 3.28. The highest BCUT2D eigenvalue weighted by atomic mass is 35.5. The lowest BCUT2D eigenvalue weighted by molar-refractivity contribution is 0.0942. The third-order valence-electron chi connectivity index (χ3n) is 1.85. The van der Waals surface area contributed by atoms with Crippen molar-refractivity contribution in [3.8, 4) is 0 Å². The van der Waals surface area contributed by atoms with Gasteiger partial charge in [0.25, 0.3) is 5.91 Å². The second kappa shape index (κ2) is 5.21. The molecule has 0 spiro atoms. The Hall–Kier alpha value is -1.23. The number of nitrogens with one attached hydrogen (secondary N) is 1. The summed E-state index contributed by atoms with van der Waals surface area (Å²) in [5, 5.41) is 2.39. The largest absolute Gasteiger partial charge is 0.348 e. The highest BCUT2D eigenvalue weighted by Gasteiger charge is 2.15. The Kier molecular flexibility index (Phi) is 4.18. The maximum Gasteiger partial charge on any atom is 0.251 e. The monoisotopic (exact) mass is 251 g/mol. The molecule has 0 heterocycles. The molecule has 6 heteroatoms. The first-order chi connectivity index (χ1) is 7.45. The van der Waals surface area contributed by atoms with Crippen molar-refractivity contribution in [1.82, 2.24) is 5.32 Å². The van der Waals surface area contributed by atoms with Gasteiger partial charge < -0.3 is 5.32 Å². The fourth-order valence-electron chi connectivity index (χ4n) is 1.03. The summed E-state index contributed by atoms with van der Waals surface area (Å²) in [5.41, 5.74) is -0.284. The molecule has 0 saturated carbocycles. The van der Waals surface area contributed by atoms with Crippen molar-refractivity contribution in [2.45, 2.75) is 13.0 Å². The molecule has 0 bridgehead atoms. The zero-order valence-electron chi connectivity index (χ0n) is 8.36. The van der Waals surface area contributed by atoms with E-state index in [9.17, 15) is 18.0 Å². The molecule has 1 rings (SSSR count). The standard InChI is InChI=1S/C10H9ClF3NO/c1-5(4-11)15-10(16)6-2-7(12)9(14)8(13)3-6/h2-3,5H,4H2,1H3,(H,15,16). The lowest BCUT2D eigenvalue weighted by atomic mass is 10.2. The number of carbonyl (C=O) groups excluding carboxylic acids is 1. The van der Waals surface area contributed by atoms with Gasteiger partial charge in [-0.2, -0.15) is 0 Å². The Balaban J connectivity index is 2.93. The fourth-order valence-corrected chi connectivity index (χ4v) is 1.11. The molecule has 0 aliphatic rings. The zero-order valence-corrected chi connectivity index (χ0v) is 9.12. The van der Waals surface area contributed by atoms with Crippen molar-refractivity contribution in [2.75, 3.05) is 5.88 Å². The van der Waals surface area contributed by atoms with E-state index in [4.69, 9.17) is 11.6 Å². The predicted octanol–water partition coefficient (Wildman–Crippen LogP) is 2.46. The zero-order chi connectivity index (χ0) is 12.3. The minimum atomic E-state index is -1.60. The molecule has 1 atom stereocenters. The average Bonchev–Trinajstić information content (AvgIpc) is 2.24. The van der Waals surface area contributed by atoms with E-state index >= 15 is 0 Å². The topological polar surface area (TPSA) is 29.1 Å². The summed E-state index contributed by atoms with van der Waals surface area (Å²) >= 11 is 5.45. The minimum absolute atomic E-state index is 0.165. The first-order valence-corrected chi connectivity index (χ1v) is 5.00. The molecule has 2 nitrogen and oxygen atoms in total. The van der Waals surface area contributed by atoms with Gasteiger partial charge >= 0.3 is 0 Å². The van der Waals surface area contributed by atoms with Crippen LogP contribution in [0, 0.1) is 17.5 Å². The van der Waals surface area contributed by atoms with Crippen LogP contribution in [-0.2, 0) is 0 Å². The van der Waals surface area contributed by atoms with Crippen molar-refractivity contribution in [1.29, 1.82) is 0 Å².